The van der Waals surface area contributed by atoms with Crippen molar-refractivity contribution in [3.8, 4) is 5.75 Å². The number of hydrogen-bond acceptors (Lipinski definition) is 6. The Hall–Kier alpha value is -1.80. The van der Waals surface area contributed by atoms with Crippen molar-refractivity contribution in [3.05, 3.63) is 48.0 Å². The van der Waals surface area contributed by atoms with Crippen molar-refractivity contribution >= 4 is 56.8 Å². The summed E-state index contributed by atoms with van der Waals surface area (Å²) in [5.41, 5.74) is 1.55. The number of carbonyl (C=O) groups excluding carboxylic acids is 1. The van der Waals surface area contributed by atoms with E-state index >= 15 is 0 Å². The normalized spacial score (nSPS) is 11.0. The number of carbonyl (C=O) groups is 1. The Labute approximate surface area is 192 Å². The molecule has 162 valence electrons. The molecule has 0 bridgehead atoms. The van der Waals surface area contributed by atoms with Gasteiger partial charge in [0.15, 0.2) is 5.13 Å². The first-order valence-electron chi connectivity index (χ1n) is 9.55. The van der Waals surface area contributed by atoms with Gasteiger partial charge in [0.25, 0.3) is 5.91 Å². The van der Waals surface area contributed by atoms with Crippen molar-refractivity contribution in [1.29, 1.82) is 0 Å². The van der Waals surface area contributed by atoms with Crippen LogP contribution in [-0.2, 0) is 0 Å². The molecule has 1 amide bonds. The Morgan fingerprint density at radius 2 is 1.83 bits per heavy atom. The van der Waals surface area contributed by atoms with Crippen molar-refractivity contribution in [3.63, 3.8) is 0 Å². The van der Waals surface area contributed by atoms with Crippen LogP contribution in [0.3, 0.4) is 0 Å². The second kappa shape index (κ2) is 11.0. The van der Waals surface area contributed by atoms with E-state index in [2.05, 4.69) is 23.3 Å². The summed E-state index contributed by atoms with van der Waals surface area (Å²) in [5.74, 6) is 0.716. The number of amides is 1. The molecule has 1 heterocycles. The van der Waals surface area contributed by atoms with Gasteiger partial charge in [-0.05, 0) is 76.7 Å². The fourth-order valence-electron chi connectivity index (χ4n) is 2.82. The monoisotopic (exact) mass is 465 g/mol. The molecule has 0 aliphatic carbocycles. The number of aromatic nitrogens is 1. The van der Waals surface area contributed by atoms with Crippen LogP contribution in [0.4, 0.5) is 5.13 Å². The second-order valence-electron chi connectivity index (χ2n) is 7.28. The van der Waals surface area contributed by atoms with Crippen LogP contribution in [0.5, 0.6) is 5.75 Å². The van der Waals surface area contributed by atoms with Crippen LogP contribution in [0, 0.1) is 0 Å². The van der Waals surface area contributed by atoms with Gasteiger partial charge in [-0.3, -0.25) is 9.69 Å². The molecule has 30 heavy (non-hydrogen) atoms. The molecule has 0 radical (unpaired) electrons. The van der Waals surface area contributed by atoms with Gasteiger partial charge in [0, 0.05) is 23.5 Å². The molecule has 5 nitrogen and oxygen atoms in total. The molecule has 0 atom stereocenters. The van der Waals surface area contributed by atoms with Gasteiger partial charge in [-0.25, -0.2) is 4.98 Å². The number of ether oxygens (including phenoxy) is 1. The predicted molar refractivity (Wildman–Crippen MR) is 131 cm³/mol. The van der Waals surface area contributed by atoms with Crippen molar-refractivity contribution in [2.45, 2.75) is 24.8 Å². The minimum Gasteiger partial charge on any atom is -0.491 e. The van der Waals surface area contributed by atoms with Crippen LogP contribution in [-0.4, -0.2) is 55.3 Å². The van der Waals surface area contributed by atoms with Crippen LogP contribution < -0.4 is 9.64 Å². The number of rotatable bonds is 8. The molecule has 2 aromatic carbocycles. The van der Waals surface area contributed by atoms with Crippen LogP contribution in [0.1, 0.15) is 24.2 Å². The Morgan fingerprint density at radius 3 is 2.43 bits per heavy atom. The molecule has 0 saturated heterocycles. The second-order valence-corrected chi connectivity index (χ2v) is 9.17. The minimum absolute atomic E-state index is 0. The molecule has 1 aromatic heterocycles. The molecule has 0 N–H and O–H groups in total. The first-order chi connectivity index (χ1) is 13.9. The maximum Gasteiger partial charge on any atom is 0.260 e. The van der Waals surface area contributed by atoms with Crippen LogP contribution in [0.2, 0.25) is 0 Å². The van der Waals surface area contributed by atoms with E-state index in [4.69, 9.17) is 9.72 Å². The standard InChI is InChI=1S/C22H27N3O2S2.ClH/c1-15(2)27-17-8-6-16(7-9-17)21(26)25(13-12-24(3)4)22-23-19-11-10-18(28-5)14-20(19)29-22;/h6-11,14-15H,12-13H2,1-5H3;1H. The Balaban J connectivity index is 0.00000320. The summed E-state index contributed by atoms with van der Waals surface area (Å²) in [6.45, 7) is 5.30. The van der Waals surface area contributed by atoms with E-state index in [0.717, 1.165) is 27.6 Å². The van der Waals surface area contributed by atoms with Crippen molar-refractivity contribution in [2.24, 2.45) is 0 Å². The topological polar surface area (TPSA) is 45.7 Å². The van der Waals surface area contributed by atoms with Gasteiger partial charge in [-0.1, -0.05) is 11.3 Å². The van der Waals surface area contributed by atoms with Gasteiger partial charge >= 0.3 is 0 Å². The number of thioether (sulfide) groups is 1. The molecule has 0 fully saturated rings. The first kappa shape index (κ1) is 24.5. The molecule has 0 saturated carbocycles. The molecular weight excluding hydrogens is 438 g/mol. The van der Waals surface area contributed by atoms with Crippen molar-refractivity contribution in [1.82, 2.24) is 9.88 Å². The van der Waals surface area contributed by atoms with E-state index in [0.29, 0.717) is 12.1 Å². The summed E-state index contributed by atoms with van der Waals surface area (Å²) in [5, 5.41) is 0.729. The summed E-state index contributed by atoms with van der Waals surface area (Å²) >= 11 is 3.26. The van der Waals surface area contributed by atoms with Gasteiger partial charge in [-0.2, -0.15) is 0 Å². The highest BCUT2D eigenvalue weighted by molar-refractivity contribution is 7.98. The molecule has 3 rings (SSSR count). The highest BCUT2D eigenvalue weighted by atomic mass is 35.5. The van der Waals surface area contributed by atoms with Crippen molar-refractivity contribution < 1.29 is 9.53 Å². The molecule has 0 unspecified atom stereocenters. The van der Waals surface area contributed by atoms with Crippen LogP contribution in [0.25, 0.3) is 10.2 Å². The summed E-state index contributed by atoms with van der Waals surface area (Å²) in [4.78, 5) is 23.1. The Morgan fingerprint density at radius 1 is 1.13 bits per heavy atom. The zero-order valence-corrected chi connectivity index (χ0v) is 20.4. The zero-order chi connectivity index (χ0) is 21.0. The largest absolute Gasteiger partial charge is 0.491 e. The Bertz CT molecular complexity index is 974. The summed E-state index contributed by atoms with van der Waals surface area (Å²) < 4.78 is 6.78. The fourth-order valence-corrected chi connectivity index (χ4v) is 4.37. The summed E-state index contributed by atoms with van der Waals surface area (Å²) in [6.07, 6.45) is 2.16. The van der Waals surface area contributed by atoms with Gasteiger partial charge in [0.1, 0.15) is 5.75 Å². The van der Waals surface area contributed by atoms with Gasteiger partial charge in [0.05, 0.1) is 16.3 Å². The number of hydrogen-bond donors (Lipinski definition) is 0. The highest BCUT2D eigenvalue weighted by Gasteiger charge is 2.21. The first-order valence-corrected chi connectivity index (χ1v) is 11.6. The van der Waals surface area contributed by atoms with Gasteiger partial charge in [-0.15, -0.1) is 24.2 Å². The van der Waals surface area contributed by atoms with Gasteiger partial charge in [0.2, 0.25) is 0 Å². The molecular formula is C22H28ClN3O2S2. The van der Waals surface area contributed by atoms with Crippen LogP contribution >= 0.6 is 35.5 Å². The summed E-state index contributed by atoms with van der Waals surface area (Å²) in [6, 6.07) is 13.6. The maximum atomic E-state index is 13.3. The smallest absolute Gasteiger partial charge is 0.260 e. The summed E-state index contributed by atoms with van der Waals surface area (Å²) in [7, 11) is 4.01. The lowest BCUT2D eigenvalue weighted by molar-refractivity contribution is 0.0985. The molecule has 0 spiro atoms. The number of fused-ring (bicyclic) bond motifs is 1. The fraction of sp³-hybridized carbons (Fsp3) is 0.364. The maximum absolute atomic E-state index is 13.3. The van der Waals surface area contributed by atoms with E-state index in [1.807, 2.05) is 58.3 Å². The molecule has 0 aliphatic rings. The minimum atomic E-state index is -0.0490. The number of halogens is 1. The number of likely N-dealkylation sites (N-methyl/N-ethyl adjacent to an activating group) is 1. The third kappa shape index (κ3) is 6.11. The molecule has 8 heteroatoms. The quantitative estimate of drug-likeness (QED) is 0.415. The molecule has 3 aromatic rings. The number of anilines is 1. The van der Waals surface area contributed by atoms with Crippen molar-refractivity contribution in [2.75, 3.05) is 38.3 Å². The lowest BCUT2D eigenvalue weighted by atomic mass is 10.2. The Kier molecular flexibility index (Phi) is 8.97. The SMILES string of the molecule is CSc1ccc2nc(N(CCN(C)C)C(=O)c3ccc(OC(C)C)cc3)sc2c1.Cl. The van der Waals surface area contributed by atoms with E-state index in [9.17, 15) is 4.79 Å². The zero-order valence-electron chi connectivity index (χ0n) is 17.9. The lowest BCUT2D eigenvalue weighted by Gasteiger charge is -2.22. The highest BCUT2D eigenvalue weighted by Crippen LogP contribution is 2.32. The van der Waals surface area contributed by atoms with E-state index in [1.54, 1.807) is 28.0 Å². The molecule has 0 aliphatic heterocycles. The van der Waals surface area contributed by atoms with E-state index in [-0.39, 0.29) is 24.4 Å². The van der Waals surface area contributed by atoms with E-state index in [1.165, 1.54) is 4.90 Å². The number of benzene rings is 2. The van der Waals surface area contributed by atoms with E-state index < -0.39 is 0 Å². The number of nitrogens with zero attached hydrogens (tertiary/aromatic N) is 3. The number of thiazole rings is 1. The van der Waals surface area contributed by atoms with Crippen LogP contribution in [0.15, 0.2) is 47.4 Å². The third-order valence-electron chi connectivity index (χ3n) is 4.30. The average Bonchev–Trinajstić information content (AvgIpc) is 3.10. The average molecular weight is 466 g/mol. The van der Waals surface area contributed by atoms with Gasteiger partial charge < -0.3 is 9.64 Å². The third-order valence-corrected chi connectivity index (χ3v) is 6.07. The predicted octanol–water partition coefficient (Wildman–Crippen LogP) is 5.44. The lowest BCUT2D eigenvalue weighted by Crippen LogP contribution is -2.36.